The van der Waals surface area contributed by atoms with Crippen LogP contribution in [0.25, 0.3) is 11.1 Å². The topological polar surface area (TPSA) is 43.1 Å². The van der Waals surface area contributed by atoms with Crippen LogP contribution in [0, 0.1) is 0 Å². The molecule has 60 valence electrons. The van der Waals surface area contributed by atoms with E-state index in [1.807, 2.05) is 0 Å². The van der Waals surface area contributed by atoms with E-state index in [0.717, 1.165) is 0 Å². The van der Waals surface area contributed by atoms with Gasteiger partial charge in [0.2, 0.25) is 0 Å². The number of hydrogen-bond acceptors (Lipinski definition) is 3. The fourth-order valence-electron chi connectivity index (χ4n) is 1.05. The number of aromatic nitrogens is 1. The third kappa shape index (κ3) is 0.987. The van der Waals surface area contributed by atoms with Crippen molar-refractivity contribution in [2.45, 2.75) is 0 Å². The molecule has 4 heteroatoms. The predicted molar refractivity (Wildman–Crippen MR) is 44.4 cm³/mol. The Hall–Kier alpha value is -1.35. The molecule has 2 rings (SSSR count). The van der Waals surface area contributed by atoms with Crippen LogP contribution < -0.4 is 0 Å². The van der Waals surface area contributed by atoms with Gasteiger partial charge >= 0.3 is 0 Å². The normalized spacial score (nSPS) is 10.4. The summed E-state index contributed by atoms with van der Waals surface area (Å²) in [6.07, 6.45) is 1.98. The van der Waals surface area contributed by atoms with Crippen molar-refractivity contribution < 1.29 is 9.21 Å². The molecule has 0 radical (unpaired) electrons. The largest absolute Gasteiger partial charge is 0.443 e. The van der Waals surface area contributed by atoms with E-state index in [2.05, 4.69) is 4.98 Å². The summed E-state index contributed by atoms with van der Waals surface area (Å²) in [7, 11) is 0. The summed E-state index contributed by atoms with van der Waals surface area (Å²) >= 11 is 5.72. The van der Waals surface area contributed by atoms with Crippen LogP contribution in [0.3, 0.4) is 0 Å². The molecule has 3 nitrogen and oxygen atoms in total. The van der Waals surface area contributed by atoms with Gasteiger partial charge in [0.25, 0.3) is 0 Å². The van der Waals surface area contributed by atoms with E-state index in [1.165, 1.54) is 6.39 Å². The van der Waals surface area contributed by atoms with Crippen LogP contribution >= 0.6 is 11.6 Å². The Morgan fingerprint density at radius 2 is 2.33 bits per heavy atom. The molecule has 0 saturated carbocycles. The fraction of sp³-hybridized carbons (Fsp3) is 0. The third-order valence-corrected chi connectivity index (χ3v) is 1.77. The van der Waals surface area contributed by atoms with E-state index in [1.54, 1.807) is 12.1 Å². The van der Waals surface area contributed by atoms with E-state index < -0.39 is 0 Å². The van der Waals surface area contributed by atoms with Crippen molar-refractivity contribution >= 4 is 29.0 Å². The predicted octanol–water partition coefficient (Wildman–Crippen LogP) is 2.29. The first-order valence-corrected chi connectivity index (χ1v) is 3.67. The van der Waals surface area contributed by atoms with Gasteiger partial charge in [-0.25, -0.2) is 4.98 Å². The summed E-state index contributed by atoms with van der Waals surface area (Å²) in [5.74, 6) is 0. The van der Waals surface area contributed by atoms with E-state index in [9.17, 15) is 4.79 Å². The van der Waals surface area contributed by atoms with Crippen LogP contribution in [0.5, 0.6) is 0 Å². The van der Waals surface area contributed by atoms with Gasteiger partial charge in [-0.1, -0.05) is 11.6 Å². The van der Waals surface area contributed by atoms with E-state index >= 15 is 0 Å². The number of carbonyl (C=O) groups is 1. The molecule has 0 saturated heterocycles. The van der Waals surface area contributed by atoms with E-state index in [4.69, 9.17) is 16.0 Å². The second kappa shape index (κ2) is 2.60. The Morgan fingerprint density at radius 1 is 1.50 bits per heavy atom. The van der Waals surface area contributed by atoms with Crippen LogP contribution in [-0.2, 0) is 0 Å². The van der Waals surface area contributed by atoms with Crippen LogP contribution in [-0.4, -0.2) is 11.3 Å². The number of aldehydes is 1. The third-order valence-electron chi connectivity index (χ3n) is 1.55. The highest BCUT2D eigenvalue weighted by Gasteiger charge is 2.05. The summed E-state index contributed by atoms with van der Waals surface area (Å²) in [6, 6.07) is 3.19. The molecule has 0 spiro atoms. The molecule has 1 aromatic carbocycles. The van der Waals surface area contributed by atoms with Gasteiger partial charge in [0, 0.05) is 5.02 Å². The van der Waals surface area contributed by atoms with Crippen molar-refractivity contribution in [1.29, 1.82) is 0 Å². The molecule has 0 unspecified atom stereocenters. The molecule has 0 amide bonds. The molecular formula is C8H4ClNO2. The standard InChI is InChI=1S/C8H4ClNO2/c9-6-1-5(3-11)8-7(2-6)10-4-12-8/h1-4H. The van der Waals surface area contributed by atoms with Crippen molar-refractivity contribution in [3.05, 3.63) is 29.1 Å². The summed E-state index contributed by atoms with van der Waals surface area (Å²) in [4.78, 5) is 14.4. The van der Waals surface area contributed by atoms with Crippen molar-refractivity contribution in [2.24, 2.45) is 0 Å². The minimum atomic E-state index is 0.426. The monoisotopic (exact) mass is 181 g/mol. The molecule has 0 aliphatic heterocycles. The minimum Gasteiger partial charge on any atom is -0.443 e. The van der Waals surface area contributed by atoms with Gasteiger partial charge in [-0.3, -0.25) is 4.79 Å². The lowest BCUT2D eigenvalue weighted by Gasteiger charge is -1.92. The quantitative estimate of drug-likeness (QED) is 0.634. The Balaban J connectivity index is 2.88. The highest BCUT2D eigenvalue weighted by molar-refractivity contribution is 6.31. The highest BCUT2D eigenvalue weighted by Crippen LogP contribution is 2.21. The first-order valence-electron chi connectivity index (χ1n) is 3.29. The zero-order valence-electron chi connectivity index (χ0n) is 5.95. The average Bonchev–Trinajstić information content (AvgIpc) is 2.50. The van der Waals surface area contributed by atoms with Gasteiger partial charge in [-0.05, 0) is 12.1 Å². The number of oxazole rings is 1. The number of nitrogens with zero attached hydrogens (tertiary/aromatic N) is 1. The molecular weight excluding hydrogens is 178 g/mol. The fourth-order valence-corrected chi connectivity index (χ4v) is 1.27. The number of hydrogen-bond donors (Lipinski definition) is 0. The van der Waals surface area contributed by atoms with E-state index in [-0.39, 0.29) is 0 Å². The number of rotatable bonds is 1. The second-order valence-electron chi connectivity index (χ2n) is 2.31. The summed E-state index contributed by atoms with van der Waals surface area (Å²) < 4.78 is 4.99. The first kappa shape index (κ1) is 7.31. The van der Waals surface area contributed by atoms with Gasteiger partial charge < -0.3 is 4.42 Å². The Bertz CT molecular complexity index is 436. The van der Waals surface area contributed by atoms with E-state index in [0.29, 0.717) is 28.0 Å². The summed E-state index contributed by atoms with van der Waals surface area (Å²) in [5.41, 5.74) is 1.51. The van der Waals surface area contributed by atoms with Gasteiger partial charge in [0.1, 0.15) is 5.52 Å². The molecule has 12 heavy (non-hydrogen) atoms. The Labute approximate surface area is 73.0 Å². The van der Waals surface area contributed by atoms with Gasteiger partial charge in [-0.2, -0.15) is 0 Å². The maximum absolute atomic E-state index is 10.5. The Morgan fingerprint density at radius 3 is 3.08 bits per heavy atom. The molecule has 0 fully saturated rings. The van der Waals surface area contributed by atoms with Crippen LogP contribution in [0.15, 0.2) is 22.9 Å². The average molecular weight is 182 g/mol. The molecule has 0 bridgehead atoms. The number of fused-ring (bicyclic) bond motifs is 1. The van der Waals surface area contributed by atoms with Crippen LogP contribution in [0.2, 0.25) is 5.02 Å². The molecule has 0 aliphatic rings. The first-order chi connectivity index (χ1) is 5.81. The molecule has 0 N–H and O–H groups in total. The number of halogens is 1. The lowest BCUT2D eigenvalue weighted by molar-refractivity contribution is 0.112. The molecule has 0 atom stereocenters. The molecule has 1 heterocycles. The van der Waals surface area contributed by atoms with Crippen molar-refractivity contribution in [1.82, 2.24) is 4.98 Å². The van der Waals surface area contributed by atoms with Gasteiger partial charge in [-0.15, -0.1) is 0 Å². The van der Waals surface area contributed by atoms with Crippen molar-refractivity contribution in [3.8, 4) is 0 Å². The maximum Gasteiger partial charge on any atom is 0.182 e. The van der Waals surface area contributed by atoms with Gasteiger partial charge in [0.05, 0.1) is 5.56 Å². The maximum atomic E-state index is 10.5. The lowest BCUT2D eigenvalue weighted by Crippen LogP contribution is -1.80. The SMILES string of the molecule is O=Cc1cc(Cl)cc2ncoc12. The molecule has 0 aliphatic carbocycles. The molecule has 1 aromatic heterocycles. The van der Waals surface area contributed by atoms with Crippen molar-refractivity contribution in [3.63, 3.8) is 0 Å². The second-order valence-corrected chi connectivity index (χ2v) is 2.75. The number of benzene rings is 1. The zero-order valence-corrected chi connectivity index (χ0v) is 6.71. The summed E-state index contributed by atoms with van der Waals surface area (Å²) in [6.45, 7) is 0. The number of carbonyl (C=O) groups excluding carboxylic acids is 1. The minimum absolute atomic E-state index is 0.426. The Kier molecular flexibility index (Phi) is 1.59. The summed E-state index contributed by atoms with van der Waals surface area (Å²) in [5, 5.41) is 0.485. The van der Waals surface area contributed by atoms with Gasteiger partial charge in [0.15, 0.2) is 18.3 Å². The zero-order chi connectivity index (χ0) is 8.55. The van der Waals surface area contributed by atoms with Crippen LogP contribution in [0.1, 0.15) is 10.4 Å². The van der Waals surface area contributed by atoms with Crippen LogP contribution in [0.4, 0.5) is 0 Å². The van der Waals surface area contributed by atoms with Crippen molar-refractivity contribution in [2.75, 3.05) is 0 Å². The lowest BCUT2D eigenvalue weighted by atomic mass is 10.2. The molecule has 2 aromatic rings. The highest BCUT2D eigenvalue weighted by atomic mass is 35.5. The smallest absolute Gasteiger partial charge is 0.182 e.